The van der Waals surface area contributed by atoms with Gasteiger partial charge >= 0.3 is 0 Å². The Hall–Kier alpha value is -3.19. The fourth-order valence-electron chi connectivity index (χ4n) is 3.69. The lowest BCUT2D eigenvalue weighted by atomic mass is 10.0. The van der Waals surface area contributed by atoms with Crippen LogP contribution in [0.1, 0.15) is 11.5 Å². The Bertz CT molecular complexity index is 1270. The van der Waals surface area contributed by atoms with E-state index < -0.39 is 10.9 Å². The molecule has 0 amide bonds. The second-order valence-electron chi connectivity index (χ2n) is 7.50. The second kappa shape index (κ2) is 9.12. The molecule has 32 heavy (non-hydrogen) atoms. The maximum absolute atomic E-state index is 11.0. The number of hydrogen-bond acceptors (Lipinski definition) is 9. The Morgan fingerprint density at radius 2 is 1.97 bits per heavy atom. The number of piperazine rings is 1. The van der Waals surface area contributed by atoms with Crippen LogP contribution in [0.25, 0.3) is 28.3 Å². The van der Waals surface area contributed by atoms with E-state index in [1.54, 1.807) is 10.7 Å². The van der Waals surface area contributed by atoms with Gasteiger partial charge in [0.1, 0.15) is 0 Å². The predicted octanol–water partition coefficient (Wildman–Crippen LogP) is 0.468. The third-order valence-corrected chi connectivity index (χ3v) is 5.65. The van der Waals surface area contributed by atoms with Crippen LogP contribution in [0.15, 0.2) is 47.2 Å². The zero-order chi connectivity index (χ0) is 21.9. The Kier molecular flexibility index (Phi) is 5.90. The molecule has 0 spiro atoms. The fourth-order valence-corrected chi connectivity index (χ4v) is 4.01. The first-order chi connectivity index (χ1) is 15.6. The van der Waals surface area contributed by atoms with Crippen LogP contribution in [0.3, 0.4) is 0 Å². The number of imidazole rings is 1. The molecular weight excluding hydrogens is 432 g/mol. The summed E-state index contributed by atoms with van der Waals surface area (Å²) in [6, 6.07) is 9.35. The highest BCUT2D eigenvalue weighted by Crippen LogP contribution is 2.27. The van der Waals surface area contributed by atoms with Gasteiger partial charge in [0.2, 0.25) is 22.6 Å². The van der Waals surface area contributed by atoms with Gasteiger partial charge < -0.3 is 9.84 Å². The highest BCUT2D eigenvalue weighted by molar-refractivity contribution is 7.70. The molecule has 4 heterocycles. The van der Waals surface area contributed by atoms with Crippen molar-refractivity contribution in [2.45, 2.75) is 13.1 Å². The van der Waals surface area contributed by atoms with Crippen molar-refractivity contribution in [3.05, 3.63) is 54.2 Å². The molecule has 0 aliphatic carbocycles. The van der Waals surface area contributed by atoms with Gasteiger partial charge in [-0.1, -0.05) is 5.16 Å². The van der Waals surface area contributed by atoms with E-state index >= 15 is 0 Å². The minimum Gasteiger partial charge on any atom is -0.338 e. The van der Waals surface area contributed by atoms with Crippen molar-refractivity contribution in [3.8, 4) is 22.6 Å². The molecule has 0 unspecified atom stereocenters. The largest absolute Gasteiger partial charge is 0.338 e. The number of benzene rings is 1. The van der Waals surface area contributed by atoms with E-state index in [9.17, 15) is 8.42 Å². The van der Waals surface area contributed by atoms with E-state index in [2.05, 4.69) is 35.2 Å². The first-order valence-corrected chi connectivity index (χ1v) is 11.4. The molecule has 166 valence electrons. The van der Waals surface area contributed by atoms with Crippen molar-refractivity contribution in [2.75, 3.05) is 26.2 Å². The maximum Gasteiger partial charge on any atom is 0.241 e. The van der Waals surface area contributed by atoms with Crippen LogP contribution in [0.5, 0.6) is 0 Å². The van der Waals surface area contributed by atoms with Crippen LogP contribution in [0.2, 0.25) is 0 Å². The molecule has 1 saturated heterocycles. The maximum atomic E-state index is 11.0. The lowest BCUT2D eigenvalue weighted by Crippen LogP contribution is -2.42. The molecule has 12 heteroatoms. The summed E-state index contributed by atoms with van der Waals surface area (Å²) in [5, 5.41) is 11.7. The van der Waals surface area contributed by atoms with Crippen LogP contribution in [-0.2, 0) is 24.0 Å². The van der Waals surface area contributed by atoms with Crippen molar-refractivity contribution in [1.29, 1.82) is 0 Å². The van der Waals surface area contributed by atoms with E-state index in [1.807, 2.05) is 36.5 Å². The van der Waals surface area contributed by atoms with Crippen molar-refractivity contribution in [1.82, 2.24) is 39.7 Å². The monoisotopic (exact) mass is 454 g/mol. The number of fused-ring (bicyclic) bond motifs is 1. The van der Waals surface area contributed by atoms with Gasteiger partial charge in [0, 0.05) is 50.0 Å². The van der Waals surface area contributed by atoms with E-state index in [0.29, 0.717) is 29.6 Å². The average molecular weight is 455 g/mol. The van der Waals surface area contributed by atoms with Crippen LogP contribution in [0, 0.1) is 0 Å². The lowest BCUT2D eigenvalue weighted by molar-refractivity contribution is 0.203. The molecule has 2 N–H and O–H groups in total. The smallest absolute Gasteiger partial charge is 0.241 e. The Balaban J connectivity index is 1.48. The Morgan fingerprint density at radius 1 is 1.12 bits per heavy atom. The van der Waals surface area contributed by atoms with Crippen LogP contribution in [0.4, 0.5) is 0 Å². The third-order valence-electron chi connectivity index (χ3n) is 5.23. The number of aromatic nitrogens is 5. The molecule has 4 aromatic rings. The van der Waals surface area contributed by atoms with Gasteiger partial charge in [-0.15, -0.1) is 0 Å². The molecule has 1 aliphatic rings. The van der Waals surface area contributed by atoms with Crippen molar-refractivity contribution < 1.29 is 12.9 Å². The van der Waals surface area contributed by atoms with Crippen LogP contribution in [-0.4, -0.2) is 64.2 Å². The molecule has 0 bridgehead atoms. The third kappa shape index (κ3) is 4.67. The van der Waals surface area contributed by atoms with Crippen molar-refractivity contribution >= 4 is 16.5 Å². The summed E-state index contributed by atoms with van der Waals surface area (Å²) in [7, 11) is -2.71. The highest BCUT2D eigenvalue weighted by Gasteiger charge is 2.17. The van der Waals surface area contributed by atoms with E-state index in [-0.39, 0.29) is 6.54 Å². The summed E-state index contributed by atoms with van der Waals surface area (Å²) in [5.74, 6) is 0.998. The van der Waals surface area contributed by atoms with E-state index in [1.165, 1.54) is 0 Å². The molecule has 0 saturated carbocycles. The van der Waals surface area contributed by atoms with Gasteiger partial charge in [-0.3, -0.25) is 4.90 Å². The topological polar surface area (TPSA) is 131 Å². The van der Waals surface area contributed by atoms with Gasteiger partial charge in [0.25, 0.3) is 0 Å². The molecule has 1 aromatic carbocycles. The number of nitrogens with one attached hydrogen (secondary N) is 2. The van der Waals surface area contributed by atoms with Crippen LogP contribution >= 0.6 is 0 Å². The fraction of sp³-hybridized carbons (Fsp3) is 0.300. The normalized spacial score (nSPS) is 15.0. The quantitative estimate of drug-likeness (QED) is 0.341. The molecule has 11 nitrogen and oxygen atoms in total. The number of nitrogens with zero attached hydrogens (tertiary/aromatic N) is 6. The van der Waals surface area contributed by atoms with Gasteiger partial charge in [0.05, 0.1) is 18.4 Å². The Labute approximate surface area is 185 Å². The Morgan fingerprint density at radius 3 is 2.78 bits per heavy atom. The van der Waals surface area contributed by atoms with Gasteiger partial charge in [-0.25, -0.2) is 22.6 Å². The van der Waals surface area contributed by atoms with Gasteiger partial charge in [-0.05, 0) is 35.9 Å². The minimum absolute atomic E-state index is 0.149. The molecule has 1 aliphatic heterocycles. The molecular formula is C20H22N8O3S. The molecule has 0 atom stereocenters. The molecule has 3 aromatic heterocycles. The van der Waals surface area contributed by atoms with Crippen molar-refractivity contribution in [3.63, 3.8) is 0 Å². The first-order valence-electron chi connectivity index (χ1n) is 10.2. The zero-order valence-corrected chi connectivity index (χ0v) is 18.0. The highest BCUT2D eigenvalue weighted by atomic mass is 32.2. The summed E-state index contributed by atoms with van der Waals surface area (Å²) in [6.45, 7) is 4.48. The number of thiol groups is 1. The summed E-state index contributed by atoms with van der Waals surface area (Å²) >= 11 is 0. The van der Waals surface area contributed by atoms with Gasteiger partial charge in [-0.2, -0.15) is 10.1 Å². The van der Waals surface area contributed by atoms with E-state index in [4.69, 9.17) is 4.52 Å². The van der Waals surface area contributed by atoms with Crippen molar-refractivity contribution in [2.24, 2.45) is 0 Å². The van der Waals surface area contributed by atoms with Gasteiger partial charge in [0.15, 0.2) is 5.65 Å². The summed E-state index contributed by atoms with van der Waals surface area (Å²) in [4.78, 5) is 11.4. The summed E-state index contributed by atoms with van der Waals surface area (Å²) < 4.78 is 31.7. The lowest BCUT2D eigenvalue weighted by Gasteiger charge is -2.25. The predicted molar refractivity (Wildman–Crippen MR) is 117 cm³/mol. The standard InChI is InChI=1S/C20H22N8O3S/c29-32(30)23-11-14-8-15(17-12-28-18(24-17)2-1-3-22-28)10-16(9-14)20-25-19(31-26-20)13-27-6-4-21-5-7-27/h1-3,8-10,12,21,32H,4-7,11,13H2,(H,23,29,30). The summed E-state index contributed by atoms with van der Waals surface area (Å²) in [5.41, 5.74) is 3.71. The molecule has 0 radical (unpaired) electrons. The molecule has 5 rings (SSSR count). The molecule has 1 fully saturated rings. The average Bonchev–Trinajstić information content (AvgIpc) is 3.45. The summed E-state index contributed by atoms with van der Waals surface area (Å²) in [6.07, 6.45) is 3.51. The van der Waals surface area contributed by atoms with Crippen LogP contribution < -0.4 is 10.0 Å². The zero-order valence-electron chi connectivity index (χ0n) is 17.1. The first kappa shape index (κ1) is 20.7. The number of rotatable bonds is 7. The van der Waals surface area contributed by atoms with E-state index in [0.717, 1.165) is 42.9 Å². The minimum atomic E-state index is -2.71. The number of hydrogen-bond donors (Lipinski definition) is 3. The second-order valence-corrected chi connectivity index (χ2v) is 8.33. The SMILES string of the molecule is O=[SH](=O)NCc1cc(-c2cn3ncccc3n2)cc(-c2noc(CN3CCNCC3)n2)c1.